The Hall–Kier alpha value is -2.26. The fraction of sp³-hybridized carbons (Fsp3) is 0.581. The summed E-state index contributed by atoms with van der Waals surface area (Å²) in [4.78, 5) is 14.4. The lowest BCUT2D eigenvalue weighted by atomic mass is 9.89. The van der Waals surface area contributed by atoms with E-state index >= 15 is 0 Å². The topological polar surface area (TPSA) is 74.0 Å². The maximum atomic E-state index is 13.8. The number of amides is 1. The molecule has 1 aliphatic carbocycles. The molecule has 2 aliphatic heterocycles. The molecule has 1 unspecified atom stereocenters. The zero-order chi connectivity index (χ0) is 26.8. The Bertz CT molecular complexity index is 1280. The Kier molecular flexibility index (Phi) is 8.35. The molecular weight excluding hydrogens is 508 g/mol. The molecule has 0 bridgehead atoms. The monoisotopic (exact) mass is 550 g/mol. The van der Waals surface area contributed by atoms with Crippen molar-refractivity contribution < 1.29 is 14.1 Å². The normalized spacial score (nSPS) is 20.9. The summed E-state index contributed by atoms with van der Waals surface area (Å²) in [6.07, 6.45) is 13.5. The molecule has 3 fully saturated rings. The summed E-state index contributed by atoms with van der Waals surface area (Å²) in [6.45, 7) is 6.15. The van der Waals surface area contributed by atoms with E-state index in [4.69, 9.17) is 4.74 Å². The molecule has 3 aromatic rings. The molecule has 1 atom stereocenters. The molecule has 8 heteroatoms. The Morgan fingerprint density at radius 1 is 1.00 bits per heavy atom. The smallest absolute Gasteiger partial charge is 0.253 e. The number of carbonyl (C=O) groups is 1. The second kappa shape index (κ2) is 12.1. The van der Waals surface area contributed by atoms with E-state index in [-0.39, 0.29) is 11.9 Å². The molecule has 3 aromatic heterocycles. The molecule has 3 aliphatic rings. The van der Waals surface area contributed by atoms with Crippen LogP contribution in [0.1, 0.15) is 80.3 Å². The van der Waals surface area contributed by atoms with Gasteiger partial charge in [-0.15, -0.1) is 4.31 Å². The van der Waals surface area contributed by atoms with Crippen LogP contribution < -0.4 is 5.32 Å². The number of ether oxygens (including phenoxy) is 1. The molecule has 2 saturated heterocycles. The molecule has 7 nitrogen and oxygen atoms in total. The number of aromatic nitrogens is 2. The van der Waals surface area contributed by atoms with Gasteiger partial charge in [0.1, 0.15) is 5.52 Å². The van der Waals surface area contributed by atoms with Gasteiger partial charge in [-0.25, -0.2) is 0 Å². The Morgan fingerprint density at radius 2 is 1.74 bits per heavy atom. The van der Waals surface area contributed by atoms with Crippen molar-refractivity contribution in [1.29, 1.82) is 0 Å². The van der Waals surface area contributed by atoms with Crippen LogP contribution in [0.2, 0.25) is 0 Å². The van der Waals surface area contributed by atoms with Gasteiger partial charge < -0.3 is 23.6 Å². The van der Waals surface area contributed by atoms with E-state index in [1.165, 1.54) is 38.5 Å². The van der Waals surface area contributed by atoms with E-state index in [0.717, 1.165) is 78.4 Å². The second-order valence-corrected chi connectivity index (χ2v) is 13.0. The highest BCUT2D eigenvalue weighted by atomic mass is 32.2. The zero-order valence-electron chi connectivity index (χ0n) is 23.2. The largest absolute Gasteiger partial charge is 0.593 e. The van der Waals surface area contributed by atoms with Crippen molar-refractivity contribution in [1.82, 2.24) is 18.6 Å². The van der Waals surface area contributed by atoms with Gasteiger partial charge in [0.15, 0.2) is 4.90 Å². The van der Waals surface area contributed by atoms with Gasteiger partial charge in [-0.3, -0.25) is 4.79 Å². The Morgan fingerprint density at radius 3 is 2.51 bits per heavy atom. The number of hydrogen-bond acceptors (Lipinski definition) is 4. The standard InChI is InChI=1S/C31H42N4O3S/c1-23-26(31(36)32-25-13-18-38-19-14-25)20-28(35(23)22-24-10-4-2-5-11-24)29-21-30(27-12-6-9-17-34(27)29)39(37)33-15-7-3-8-16-33/h6,9,12,17,20-21,24-25H,2-5,7-8,10-11,13-16,18-19,22H2,1H3,(H,32,36). The first-order chi connectivity index (χ1) is 19.1. The summed E-state index contributed by atoms with van der Waals surface area (Å²) in [7, 11) is 0. The van der Waals surface area contributed by atoms with Gasteiger partial charge in [-0.1, -0.05) is 31.7 Å². The van der Waals surface area contributed by atoms with Crippen LogP contribution in [0.5, 0.6) is 0 Å². The van der Waals surface area contributed by atoms with Crippen LogP contribution in [0.4, 0.5) is 0 Å². The Balaban J connectivity index is 1.40. The average molecular weight is 551 g/mol. The average Bonchev–Trinajstić information content (AvgIpc) is 3.52. The number of hydrogen-bond donors (Lipinski definition) is 1. The van der Waals surface area contributed by atoms with Crippen LogP contribution >= 0.6 is 0 Å². The van der Waals surface area contributed by atoms with Gasteiger partial charge in [0, 0.05) is 56.8 Å². The molecule has 0 aromatic carbocycles. The van der Waals surface area contributed by atoms with E-state index in [1.807, 2.05) is 12.1 Å². The molecule has 39 heavy (non-hydrogen) atoms. The lowest BCUT2D eigenvalue weighted by molar-refractivity contribution is 0.0696. The number of piperidine rings is 1. The van der Waals surface area contributed by atoms with Crippen LogP contribution in [-0.2, 0) is 22.6 Å². The quantitative estimate of drug-likeness (QED) is 0.382. The van der Waals surface area contributed by atoms with Gasteiger partial charge in [-0.2, -0.15) is 0 Å². The molecule has 210 valence electrons. The molecule has 1 amide bonds. The van der Waals surface area contributed by atoms with Crippen molar-refractivity contribution in [2.24, 2.45) is 5.92 Å². The SMILES string of the molecule is Cc1c(C(=O)NC2CCOCC2)cc(-c2cc([S+]([O-])N3CCCCC3)c3ccccn23)n1CC1CCCCC1. The predicted octanol–water partition coefficient (Wildman–Crippen LogP) is 5.71. The van der Waals surface area contributed by atoms with E-state index in [0.29, 0.717) is 19.1 Å². The lowest BCUT2D eigenvalue weighted by Gasteiger charge is -2.26. The van der Waals surface area contributed by atoms with Gasteiger partial charge in [0.25, 0.3) is 5.91 Å². The van der Waals surface area contributed by atoms with E-state index in [2.05, 4.69) is 49.9 Å². The van der Waals surface area contributed by atoms with Crippen molar-refractivity contribution in [3.8, 4) is 11.4 Å². The summed E-state index contributed by atoms with van der Waals surface area (Å²) in [6, 6.07) is 10.5. The number of pyridine rings is 1. The first kappa shape index (κ1) is 26.9. The zero-order valence-corrected chi connectivity index (χ0v) is 24.0. The van der Waals surface area contributed by atoms with Crippen molar-refractivity contribution in [2.45, 2.75) is 88.6 Å². The van der Waals surface area contributed by atoms with Crippen LogP contribution in [-0.4, -0.2) is 56.1 Å². The minimum atomic E-state index is -1.21. The van der Waals surface area contributed by atoms with Crippen molar-refractivity contribution in [3.05, 3.63) is 47.8 Å². The van der Waals surface area contributed by atoms with Gasteiger partial charge >= 0.3 is 0 Å². The predicted molar refractivity (Wildman–Crippen MR) is 155 cm³/mol. The van der Waals surface area contributed by atoms with E-state index in [9.17, 15) is 9.35 Å². The van der Waals surface area contributed by atoms with Gasteiger partial charge in [0.2, 0.25) is 0 Å². The summed E-state index contributed by atoms with van der Waals surface area (Å²) in [5.41, 5.74) is 4.79. The van der Waals surface area contributed by atoms with Gasteiger partial charge in [-0.05, 0) is 69.6 Å². The third kappa shape index (κ3) is 5.67. The molecule has 5 heterocycles. The third-order valence-electron chi connectivity index (χ3n) is 8.97. The number of rotatable bonds is 7. The van der Waals surface area contributed by atoms with Crippen LogP contribution in [0, 0.1) is 12.8 Å². The highest BCUT2D eigenvalue weighted by molar-refractivity contribution is 7.89. The molecule has 1 N–H and O–H groups in total. The van der Waals surface area contributed by atoms with Gasteiger partial charge in [0.05, 0.1) is 28.3 Å². The van der Waals surface area contributed by atoms with Crippen LogP contribution in [0.25, 0.3) is 16.9 Å². The fourth-order valence-electron chi connectivity index (χ4n) is 6.68. The first-order valence-corrected chi connectivity index (χ1v) is 16.1. The third-order valence-corrected chi connectivity index (χ3v) is 10.5. The summed E-state index contributed by atoms with van der Waals surface area (Å²) >= 11 is -1.21. The number of nitrogens with one attached hydrogen (secondary N) is 1. The summed E-state index contributed by atoms with van der Waals surface area (Å²) < 4.78 is 26.0. The van der Waals surface area contributed by atoms with E-state index in [1.54, 1.807) is 0 Å². The Labute approximate surface area is 235 Å². The minimum Gasteiger partial charge on any atom is -0.593 e. The molecule has 1 saturated carbocycles. The number of fused-ring (bicyclic) bond motifs is 1. The minimum absolute atomic E-state index is 0.000947. The van der Waals surface area contributed by atoms with Crippen LogP contribution in [0.3, 0.4) is 0 Å². The highest BCUT2D eigenvalue weighted by Crippen LogP contribution is 2.36. The van der Waals surface area contributed by atoms with Crippen molar-refractivity contribution in [3.63, 3.8) is 0 Å². The number of nitrogens with zero attached hydrogens (tertiary/aromatic N) is 3. The van der Waals surface area contributed by atoms with Crippen molar-refractivity contribution in [2.75, 3.05) is 26.3 Å². The maximum absolute atomic E-state index is 13.8. The summed E-state index contributed by atoms with van der Waals surface area (Å²) in [5.74, 6) is 0.615. The lowest BCUT2D eigenvalue weighted by Crippen LogP contribution is -2.39. The molecule has 6 rings (SSSR count). The van der Waals surface area contributed by atoms with Crippen LogP contribution in [0.15, 0.2) is 41.4 Å². The maximum Gasteiger partial charge on any atom is 0.253 e. The van der Waals surface area contributed by atoms with E-state index < -0.39 is 11.4 Å². The number of carbonyl (C=O) groups excluding carboxylic acids is 1. The highest BCUT2D eigenvalue weighted by Gasteiger charge is 2.31. The first-order valence-electron chi connectivity index (χ1n) is 15.0. The second-order valence-electron chi connectivity index (χ2n) is 11.6. The molecular formula is C31H42N4O3S. The summed E-state index contributed by atoms with van der Waals surface area (Å²) in [5, 5.41) is 3.28. The van der Waals surface area contributed by atoms with Crippen molar-refractivity contribution >= 4 is 22.8 Å². The molecule has 0 spiro atoms. The fourth-order valence-corrected chi connectivity index (χ4v) is 8.11. The molecule has 0 radical (unpaired) electrons.